The summed E-state index contributed by atoms with van der Waals surface area (Å²) in [5, 5.41) is 3.05. The molecule has 1 fully saturated rings. The number of anilines is 1. The van der Waals surface area contributed by atoms with Crippen LogP contribution in [0.3, 0.4) is 0 Å². The highest BCUT2D eigenvalue weighted by molar-refractivity contribution is 5.54. The van der Waals surface area contributed by atoms with Crippen molar-refractivity contribution in [3.63, 3.8) is 0 Å². The molecule has 0 saturated carbocycles. The molecule has 2 rings (SSSR count). The Hall–Kier alpha value is -1.13. The van der Waals surface area contributed by atoms with E-state index in [9.17, 15) is 4.39 Å². The van der Waals surface area contributed by atoms with Crippen molar-refractivity contribution in [2.45, 2.75) is 38.8 Å². The molecule has 1 saturated heterocycles. The van der Waals surface area contributed by atoms with E-state index < -0.39 is 0 Å². The van der Waals surface area contributed by atoms with E-state index in [1.165, 1.54) is 6.07 Å². The average Bonchev–Trinajstić information content (AvgIpc) is 2.48. The molecule has 1 heterocycles. The van der Waals surface area contributed by atoms with Gasteiger partial charge in [-0.05, 0) is 38.4 Å². The molecular formula is C16H25FN2O. The number of benzene rings is 1. The van der Waals surface area contributed by atoms with Gasteiger partial charge < -0.3 is 15.0 Å². The molecule has 0 bridgehead atoms. The maximum absolute atomic E-state index is 14.0. The third kappa shape index (κ3) is 3.70. The van der Waals surface area contributed by atoms with Crippen LogP contribution < -0.4 is 10.2 Å². The first-order valence-corrected chi connectivity index (χ1v) is 7.54. The fraction of sp³-hybridized carbons (Fsp3) is 0.625. The Morgan fingerprint density at radius 1 is 1.45 bits per heavy atom. The second kappa shape index (κ2) is 7.60. The molecule has 0 amide bonds. The van der Waals surface area contributed by atoms with Crippen LogP contribution in [0.2, 0.25) is 0 Å². The first-order chi connectivity index (χ1) is 9.76. The smallest absolute Gasteiger partial charge is 0.129 e. The van der Waals surface area contributed by atoms with Gasteiger partial charge in [-0.2, -0.15) is 0 Å². The minimum absolute atomic E-state index is 0.131. The van der Waals surface area contributed by atoms with Gasteiger partial charge in [0.25, 0.3) is 0 Å². The highest BCUT2D eigenvalue weighted by Crippen LogP contribution is 2.27. The van der Waals surface area contributed by atoms with Crippen LogP contribution in [0.25, 0.3) is 0 Å². The van der Waals surface area contributed by atoms with Crippen LogP contribution in [-0.4, -0.2) is 32.8 Å². The molecule has 1 unspecified atom stereocenters. The molecule has 112 valence electrons. The molecule has 0 spiro atoms. The van der Waals surface area contributed by atoms with E-state index in [1.807, 2.05) is 13.1 Å². The van der Waals surface area contributed by atoms with E-state index in [0.29, 0.717) is 6.54 Å². The third-order valence-electron chi connectivity index (χ3n) is 3.72. The normalized spacial score (nSPS) is 19.4. The number of nitrogens with one attached hydrogen (secondary N) is 1. The second-order valence-electron chi connectivity index (χ2n) is 5.35. The molecule has 0 radical (unpaired) electrons. The van der Waals surface area contributed by atoms with Crippen molar-refractivity contribution < 1.29 is 9.13 Å². The van der Waals surface area contributed by atoms with Gasteiger partial charge in [0.1, 0.15) is 5.82 Å². The molecule has 1 atom stereocenters. The minimum atomic E-state index is -0.131. The monoisotopic (exact) mass is 280 g/mol. The zero-order chi connectivity index (χ0) is 14.4. The molecule has 1 aliphatic heterocycles. The van der Waals surface area contributed by atoms with E-state index >= 15 is 0 Å². The average molecular weight is 280 g/mol. The van der Waals surface area contributed by atoms with Crippen molar-refractivity contribution in [1.29, 1.82) is 0 Å². The number of halogens is 1. The predicted octanol–water partition coefficient (Wildman–Crippen LogP) is 2.94. The molecule has 1 aromatic rings. The molecule has 3 nitrogen and oxygen atoms in total. The van der Waals surface area contributed by atoms with Gasteiger partial charge in [-0.1, -0.05) is 13.0 Å². The van der Waals surface area contributed by atoms with Crippen LogP contribution >= 0.6 is 0 Å². The van der Waals surface area contributed by atoms with E-state index in [4.69, 9.17) is 4.74 Å². The van der Waals surface area contributed by atoms with Crippen LogP contribution in [0.4, 0.5) is 10.1 Å². The minimum Gasteiger partial charge on any atom is -0.376 e. The molecule has 0 aliphatic carbocycles. The van der Waals surface area contributed by atoms with Crippen LogP contribution in [0.15, 0.2) is 18.2 Å². The number of ether oxygens (including phenoxy) is 1. The van der Waals surface area contributed by atoms with Crippen molar-refractivity contribution in [2.24, 2.45) is 0 Å². The van der Waals surface area contributed by atoms with Gasteiger partial charge in [0, 0.05) is 37.5 Å². The fourth-order valence-electron chi connectivity index (χ4n) is 2.77. The van der Waals surface area contributed by atoms with Gasteiger partial charge in [-0.3, -0.25) is 0 Å². The van der Waals surface area contributed by atoms with Gasteiger partial charge in [0.05, 0.1) is 6.10 Å². The summed E-state index contributed by atoms with van der Waals surface area (Å²) in [4.78, 5) is 2.26. The van der Waals surface area contributed by atoms with Gasteiger partial charge in [0.15, 0.2) is 0 Å². The summed E-state index contributed by atoms with van der Waals surface area (Å²) in [5.41, 5.74) is 1.76. The maximum Gasteiger partial charge on any atom is 0.129 e. The lowest BCUT2D eigenvalue weighted by Crippen LogP contribution is -2.40. The van der Waals surface area contributed by atoms with Crippen LogP contribution in [-0.2, 0) is 11.3 Å². The lowest BCUT2D eigenvalue weighted by Gasteiger charge is -2.35. The number of rotatable bonds is 6. The Balaban J connectivity index is 2.12. The topological polar surface area (TPSA) is 24.5 Å². The molecular weight excluding hydrogens is 255 g/mol. The Kier molecular flexibility index (Phi) is 5.80. The summed E-state index contributed by atoms with van der Waals surface area (Å²) >= 11 is 0. The lowest BCUT2D eigenvalue weighted by molar-refractivity contribution is 0.0440. The fourth-order valence-corrected chi connectivity index (χ4v) is 2.77. The number of nitrogens with zero attached hydrogens (tertiary/aromatic N) is 1. The Morgan fingerprint density at radius 3 is 3.05 bits per heavy atom. The zero-order valence-electron chi connectivity index (χ0n) is 12.5. The summed E-state index contributed by atoms with van der Waals surface area (Å²) < 4.78 is 19.9. The standard InChI is InChI=1S/C16H25FN2O/c1-3-10-20-13-6-5-9-19(12-13)16-8-4-7-15(17)14(16)11-18-2/h4,7-8,13,18H,3,5-6,9-12H2,1-2H3. The van der Waals surface area contributed by atoms with E-state index in [1.54, 1.807) is 6.07 Å². The molecule has 20 heavy (non-hydrogen) atoms. The quantitative estimate of drug-likeness (QED) is 0.867. The Labute approximate surface area is 121 Å². The summed E-state index contributed by atoms with van der Waals surface area (Å²) in [6, 6.07) is 5.34. The first kappa shape index (κ1) is 15.3. The molecule has 1 N–H and O–H groups in total. The van der Waals surface area contributed by atoms with Crippen LogP contribution in [0, 0.1) is 5.82 Å². The van der Waals surface area contributed by atoms with Gasteiger partial charge in [-0.15, -0.1) is 0 Å². The van der Waals surface area contributed by atoms with Gasteiger partial charge in [-0.25, -0.2) is 4.39 Å². The zero-order valence-corrected chi connectivity index (χ0v) is 12.5. The first-order valence-electron chi connectivity index (χ1n) is 7.54. The van der Waals surface area contributed by atoms with Crippen molar-refractivity contribution in [3.8, 4) is 0 Å². The molecule has 0 aromatic heterocycles. The van der Waals surface area contributed by atoms with Crippen molar-refractivity contribution in [3.05, 3.63) is 29.6 Å². The number of hydrogen-bond acceptors (Lipinski definition) is 3. The Morgan fingerprint density at radius 2 is 2.30 bits per heavy atom. The summed E-state index contributed by atoms with van der Waals surface area (Å²) in [6.45, 7) is 5.33. The SMILES string of the molecule is CCCOC1CCCN(c2cccc(F)c2CNC)C1. The Bertz CT molecular complexity index is 425. The highest BCUT2D eigenvalue weighted by Gasteiger charge is 2.23. The molecule has 1 aliphatic rings. The number of piperidine rings is 1. The maximum atomic E-state index is 14.0. The third-order valence-corrected chi connectivity index (χ3v) is 3.72. The molecule has 4 heteroatoms. The second-order valence-corrected chi connectivity index (χ2v) is 5.35. The van der Waals surface area contributed by atoms with E-state index in [2.05, 4.69) is 17.1 Å². The number of hydrogen-bond donors (Lipinski definition) is 1. The van der Waals surface area contributed by atoms with Crippen LogP contribution in [0.5, 0.6) is 0 Å². The summed E-state index contributed by atoms with van der Waals surface area (Å²) in [6.07, 6.45) is 3.52. The van der Waals surface area contributed by atoms with Gasteiger partial charge in [0.2, 0.25) is 0 Å². The van der Waals surface area contributed by atoms with Crippen molar-refractivity contribution in [2.75, 3.05) is 31.6 Å². The van der Waals surface area contributed by atoms with Crippen molar-refractivity contribution >= 4 is 5.69 Å². The largest absolute Gasteiger partial charge is 0.376 e. The van der Waals surface area contributed by atoms with Crippen molar-refractivity contribution in [1.82, 2.24) is 5.32 Å². The van der Waals surface area contributed by atoms with E-state index in [0.717, 1.165) is 50.2 Å². The molecule has 1 aromatic carbocycles. The predicted molar refractivity (Wildman–Crippen MR) is 80.6 cm³/mol. The van der Waals surface area contributed by atoms with Gasteiger partial charge >= 0.3 is 0 Å². The lowest BCUT2D eigenvalue weighted by atomic mass is 10.0. The summed E-state index contributed by atoms with van der Waals surface area (Å²) in [5.74, 6) is -0.131. The highest BCUT2D eigenvalue weighted by atomic mass is 19.1. The van der Waals surface area contributed by atoms with E-state index in [-0.39, 0.29) is 11.9 Å². The van der Waals surface area contributed by atoms with Crippen LogP contribution in [0.1, 0.15) is 31.7 Å². The summed E-state index contributed by atoms with van der Waals surface area (Å²) in [7, 11) is 1.85.